The first-order valence-electron chi connectivity index (χ1n) is 8.54. The van der Waals surface area contributed by atoms with E-state index < -0.39 is 22.9 Å². The molecule has 1 aliphatic rings. The van der Waals surface area contributed by atoms with Crippen LogP contribution in [0.2, 0.25) is 5.02 Å². The van der Waals surface area contributed by atoms with E-state index in [-0.39, 0.29) is 22.0 Å². The first-order valence-corrected chi connectivity index (χ1v) is 9.73. The average molecular weight is 450 g/mol. The number of thioether (sulfide) groups is 1. The Labute approximate surface area is 177 Å². The molecule has 0 spiro atoms. The highest BCUT2D eigenvalue weighted by atomic mass is 35.5. The fraction of sp³-hybridized carbons (Fsp3) is 0.0476. The Morgan fingerprint density at radius 2 is 1.77 bits per heavy atom. The first-order chi connectivity index (χ1) is 14.2. The zero-order valence-corrected chi connectivity index (χ0v) is 16.5. The number of furan rings is 1. The maximum atomic E-state index is 13.2. The van der Waals surface area contributed by atoms with Gasteiger partial charge < -0.3 is 4.42 Å². The molecule has 0 aliphatic carbocycles. The van der Waals surface area contributed by atoms with Crippen molar-refractivity contribution >= 4 is 46.3 Å². The fourth-order valence-electron chi connectivity index (χ4n) is 2.96. The molecule has 0 bridgehead atoms. The van der Waals surface area contributed by atoms with Crippen molar-refractivity contribution in [3.05, 3.63) is 81.9 Å². The van der Waals surface area contributed by atoms with Crippen LogP contribution in [0.25, 0.3) is 17.4 Å². The number of halogens is 4. The van der Waals surface area contributed by atoms with Gasteiger partial charge in [-0.25, -0.2) is 4.90 Å². The predicted octanol–water partition coefficient (Wildman–Crippen LogP) is 6.86. The average Bonchev–Trinajstić information content (AvgIpc) is 3.26. The van der Waals surface area contributed by atoms with E-state index in [9.17, 15) is 22.8 Å². The summed E-state index contributed by atoms with van der Waals surface area (Å²) in [5, 5.41) is -0.141. The Balaban J connectivity index is 1.64. The summed E-state index contributed by atoms with van der Waals surface area (Å²) in [5.41, 5.74) is -0.614. The Morgan fingerprint density at radius 1 is 1.00 bits per heavy atom. The van der Waals surface area contributed by atoms with Crippen LogP contribution in [0.15, 0.2) is 70.0 Å². The lowest BCUT2D eigenvalue weighted by atomic mass is 10.1. The summed E-state index contributed by atoms with van der Waals surface area (Å²) >= 11 is 6.63. The summed E-state index contributed by atoms with van der Waals surface area (Å²) in [4.78, 5) is 26.0. The molecule has 0 N–H and O–H groups in total. The van der Waals surface area contributed by atoms with E-state index >= 15 is 0 Å². The molecule has 152 valence electrons. The lowest BCUT2D eigenvalue weighted by Crippen LogP contribution is -2.27. The van der Waals surface area contributed by atoms with Crippen LogP contribution in [0.3, 0.4) is 0 Å². The number of hydrogen-bond donors (Lipinski definition) is 0. The van der Waals surface area contributed by atoms with Crippen molar-refractivity contribution in [1.82, 2.24) is 0 Å². The maximum Gasteiger partial charge on any atom is 0.417 e. The summed E-state index contributed by atoms with van der Waals surface area (Å²) < 4.78 is 45.2. The number of benzene rings is 2. The quantitative estimate of drug-likeness (QED) is 0.410. The summed E-state index contributed by atoms with van der Waals surface area (Å²) in [7, 11) is 0. The molecule has 2 amide bonds. The molecule has 2 heterocycles. The molecule has 1 aromatic heterocycles. The Bertz CT molecular complexity index is 1190. The van der Waals surface area contributed by atoms with E-state index in [1.54, 1.807) is 18.2 Å². The lowest BCUT2D eigenvalue weighted by molar-refractivity contribution is -0.137. The second-order valence-corrected chi connectivity index (χ2v) is 7.67. The van der Waals surface area contributed by atoms with Gasteiger partial charge in [0, 0.05) is 16.7 Å². The summed E-state index contributed by atoms with van der Waals surface area (Å²) in [5.74, 6) is -0.414. The van der Waals surface area contributed by atoms with Gasteiger partial charge in [-0.2, -0.15) is 13.2 Å². The molecular formula is C21H11ClF3NO3S. The number of hydrogen-bond acceptors (Lipinski definition) is 4. The fourth-order valence-corrected chi connectivity index (χ4v) is 3.96. The van der Waals surface area contributed by atoms with Crippen molar-refractivity contribution in [3.8, 4) is 11.3 Å². The normalized spacial score (nSPS) is 16.0. The van der Waals surface area contributed by atoms with Crippen molar-refractivity contribution in [3.63, 3.8) is 0 Å². The number of nitrogens with zero attached hydrogens (tertiary/aromatic N) is 1. The third-order valence-electron chi connectivity index (χ3n) is 4.26. The number of imide groups is 1. The van der Waals surface area contributed by atoms with Crippen LogP contribution >= 0.6 is 23.4 Å². The first kappa shape index (κ1) is 20.3. The van der Waals surface area contributed by atoms with E-state index in [0.29, 0.717) is 22.5 Å². The van der Waals surface area contributed by atoms with Gasteiger partial charge in [0.15, 0.2) is 0 Å². The van der Waals surface area contributed by atoms with Gasteiger partial charge in [0.05, 0.1) is 16.2 Å². The van der Waals surface area contributed by atoms with Crippen LogP contribution in [0.5, 0.6) is 0 Å². The van der Waals surface area contributed by atoms with Gasteiger partial charge in [-0.3, -0.25) is 9.59 Å². The van der Waals surface area contributed by atoms with Crippen molar-refractivity contribution in [2.45, 2.75) is 6.18 Å². The van der Waals surface area contributed by atoms with Gasteiger partial charge in [-0.05, 0) is 48.2 Å². The van der Waals surface area contributed by atoms with Gasteiger partial charge in [-0.1, -0.05) is 35.9 Å². The number of carbonyl (C=O) groups is 2. The lowest BCUT2D eigenvalue weighted by Gasteiger charge is -2.12. The third-order valence-corrected chi connectivity index (χ3v) is 5.36. The summed E-state index contributed by atoms with van der Waals surface area (Å²) in [6.45, 7) is 0. The van der Waals surface area contributed by atoms with Gasteiger partial charge in [0.1, 0.15) is 11.5 Å². The molecule has 2 aromatic carbocycles. The molecule has 1 saturated heterocycles. The standard InChI is InChI=1S/C21H11ClF3NO3S/c22-12-4-3-5-13(10-12)26-19(27)18(30-20(26)28)11-14-8-9-17(29-14)15-6-1-2-7-16(15)21(23,24)25/h1-11H/b18-11-. The molecule has 30 heavy (non-hydrogen) atoms. The summed E-state index contributed by atoms with van der Waals surface area (Å²) in [6.07, 6.45) is -3.21. The number of anilines is 1. The minimum atomic E-state index is -4.54. The molecular weight excluding hydrogens is 439 g/mol. The van der Waals surface area contributed by atoms with Crippen LogP contribution in [-0.4, -0.2) is 11.1 Å². The molecule has 0 atom stereocenters. The van der Waals surface area contributed by atoms with E-state index in [1.807, 2.05) is 0 Å². The van der Waals surface area contributed by atoms with Crippen molar-refractivity contribution in [1.29, 1.82) is 0 Å². The highest BCUT2D eigenvalue weighted by molar-refractivity contribution is 8.19. The molecule has 0 radical (unpaired) electrons. The van der Waals surface area contributed by atoms with E-state index in [0.717, 1.165) is 11.0 Å². The van der Waals surface area contributed by atoms with Gasteiger partial charge in [0.25, 0.3) is 11.1 Å². The molecule has 4 rings (SSSR count). The Morgan fingerprint density at radius 3 is 2.50 bits per heavy atom. The number of amides is 2. The van der Waals surface area contributed by atoms with E-state index in [1.165, 1.54) is 42.5 Å². The summed E-state index contributed by atoms with van der Waals surface area (Å²) in [6, 6.07) is 14.2. The van der Waals surface area contributed by atoms with Gasteiger partial charge in [-0.15, -0.1) is 0 Å². The molecule has 3 aromatic rings. The highest BCUT2D eigenvalue weighted by Gasteiger charge is 2.37. The number of carbonyl (C=O) groups excluding carboxylic acids is 2. The van der Waals surface area contributed by atoms with Crippen molar-refractivity contribution < 1.29 is 27.2 Å². The van der Waals surface area contributed by atoms with Gasteiger partial charge >= 0.3 is 6.18 Å². The maximum absolute atomic E-state index is 13.2. The molecule has 4 nitrogen and oxygen atoms in total. The third kappa shape index (κ3) is 3.88. The van der Waals surface area contributed by atoms with Crippen molar-refractivity contribution in [2.75, 3.05) is 4.90 Å². The molecule has 0 saturated carbocycles. The minimum absolute atomic E-state index is 0.00300. The topological polar surface area (TPSA) is 50.5 Å². The number of alkyl halides is 3. The van der Waals surface area contributed by atoms with E-state index in [4.69, 9.17) is 16.0 Å². The monoisotopic (exact) mass is 449 g/mol. The van der Waals surface area contributed by atoms with Crippen LogP contribution < -0.4 is 4.90 Å². The van der Waals surface area contributed by atoms with Crippen LogP contribution in [0.1, 0.15) is 11.3 Å². The molecule has 9 heteroatoms. The molecule has 0 unspecified atom stereocenters. The molecule has 1 fully saturated rings. The minimum Gasteiger partial charge on any atom is -0.457 e. The van der Waals surface area contributed by atoms with Crippen LogP contribution in [0, 0.1) is 0 Å². The van der Waals surface area contributed by atoms with Gasteiger partial charge in [0.2, 0.25) is 0 Å². The number of rotatable bonds is 3. The SMILES string of the molecule is O=C1S/C(=C\c2ccc(-c3ccccc3C(F)(F)F)o2)C(=O)N1c1cccc(Cl)c1. The molecule has 1 aliphatic heterocycles. The predicted molar refractivity (Wildman–Crippen MR) is 109 cm³/mol. The van der Waals surface area contributed by atoms with Crippen LogP contribution in [-0.2, 0) is 11.0 Å². The second kappa shape index (κ2) is 7.70. The Hall–Kier alpha value is -2.97. The zero-order valence-electron chi connectivity index (χ0n) is 14.9. The van der Waals surface area contributed by atoms with Crippen LogP contribution in [0.4, 0.5) is 23.7 Å². The Kier molecular flexibility index (Phi) is 5.21. The van der Waals surface area contributed by atoms with E-state index in [2.05, 4.69) is 0 Å². The van der Waals surface area contributed by atoms with Crippen molar-refractivity contribution in [2.24, 2.45) is 0 Å². The second-order valence-electron chi connectivity index (χ2n) is 6.24. The smallest absolute Gasteiger partial charge is 0.417 e. The largest absolute Gasteiger partial charge is 0.457 e. The zero-order chi connectivity index (χ0) is 21.5. The highest BCUT2D eigenvalue weighted by Crippen LogP contribution is 2.39.